The lowest BCUT2D eigenvalue weighted by atomic mass is 10.0. The molecule has 0 aliphatic rings. The van der Waals surface area contributed by atoms with Gasteiger partial charge in [0.1, 0.15) is 0 Å². The minimum atomic E-state index is 0.708. The quantitative estimate of drug-likeness (QED) is 0.649. The van der Waals surface area contributed by atoms with Gasteiger partial charge < -0.3 is 5.73 Å². The zero-order chi connectivity index (χ0) is 9.84. The summed E-state index contributed by atoms with van der Waals surface area (Å²) in [5.41, 5.74) is 13.1. The van der Waals surface area contributed by atoms with E-state index in [-0.39, 0.29) is 0 Å². The van der Waals surface area contributed by atoms with Crippen molar-refractivity contribution < 1.29 is 0 Å². The van der Waals surface area contributed by atoms with Crippen molar-refractivity contribution in [2.75, 3.05) is 0 Å². The number of benzene rings is 1. The van der Waals surface area contributed by atoms with E-state index in [0.717, 1.165) is 5.56 Å². The van der Waals surface area contributed by atoms with Crippen molar-refractivity contribution in [3.05, 3.63) is 46.7 Å². The molecule has 0 radical (unpaired) electrons. The zero-order valence-corrected chi connectivity index (χ0v) is 8.39. The fraction of sp³-hybridized carbons (Fsp3) is 0.250. The minimum Gasteiger partial charge on any atom is -0.392 e. The Bertz CT molecular complexity index is 369. The van der Waals surface area contributed by atoms with E-state index >= 15 is 0 Å². The second-order valence-corrected chi connectivity index (χ2v) is 3.17. The van der Waals surface area contributed by atoms with Crippen LogP contribution in [0.5, 0.6) is 0 Å². The summed E-state index contributed by atoms with van der Waals surface area (Å²) in [5, 5.41) is 0. The highest BCUT2D eigenvalue weighted by molar-refractivity contribution is 5.65. The van der Waals surface area contributed by atoms with E-state index in [2.05, 4.69) is 31.7 Å². The second-order valence-electron chi connectivity index (χ2n) is 3.17. The summed E-state index contributed by atoms with van der Waals surface area (Å²) in [5.74, 6) is 0. The van der Waals surface area contributed by atoms with Gasteiger partial charge in [-0.15, -0.1) is 0 Å². The first-order valence-corrected chi connectivity index (χ1v) is 4.39. The summed E-state index contributed by atoms with van der Waals surface area (Å²) in [4.78, 5) is 0. The second kappa shape index (κ2) is 3.97. The number of allylic oxidation sites excluding steroid dienone is 1. The van der Waals surface area contributed by atoms with Gasteiger partial charge in [0.25, 0.3) is 0 Å². The molecule has 13 heavy (non-hydrogen) atoms. The Labute approximate surface area is 79.6 Å². The van der Waals surface area contributed by atoms with Crippen LogP contribution < -0.4 is 5.73 Å². The van der Waals surface area contributed by atoms with Crippen molar-refractivity contribution in [2.45, 2.75) is 20.8 Å². The summed E-state index contributed by atoms with van der Waals surface area (Å²) in [6.07, 6.45) is 1.83. The number of hydrogen-bond acceptors (Lipinski definition) is 1. The highest BCUT2D eigenvalue weighted by Crippen LogP contribution is 2.15. The third-order valence-electron chi connectivity index (χ3n) is 1.97. The molecule has 0 bridgehead atoms. The van der Waals surface area contributed by atoms with Gasteiger partial charge in [-0.3, -0.25) is 0 Å². The van der Waals surface area contributed by atoms with Gasteiger partial charge in [-0.1, -0.05) is 29.5 Å². The lowest BCUT2D eigenvalue weighted by Gasteiger charge is -2.04. The molecule has 1 aromatic carbocycles. The van der Waals surface area contributed by atoms with E-state index in [1.165, 1.54) is 11.1 Å². The topological polar surface area (TPSA) is 26.0 Å². The summed E-state index contributed by atoms with van der Waals surface area (Å²) >= 11 is 0. The van der Waals surface area contributed by atoms with Crippen molar-refractivity contribution in [3.8, 4) is 0 Å². The fourth-order valence-electron chi connectivity index (χ4n) is 1.35. The van der Waals surface area contributed by atoms with Crippen molar-refractivity contribution in [1.82, 2.24) is 0 Å². The number of hydrogen-bond donors (Lipinski definition) is 1. The van der Waals surface area contributed by atoms with Crippen LogP contribution in [0, 0.1) is 13.8 Å². The van der Waals surface area contributed by atoms with Gasteiger partial charge in [0, 0.05) is 5.56 Å². The summed E-state index contributed by atoms with van der Waals surface area (Å²) < 4.78 is 0. The number of nitrogens with two attached hydrogens (primary N) is 1. The molecular formula is C12H15N. The van der Waals surface area contributed by atoms with Gasteiger partial charge in [-0.05, 0) is 32.4 Å². The van der Waals surface area contributed by atoms with Crippen LogP contribution in [-0.2, 0) is 0 Å². The number of rotatable bonds is 1. The van der Waals surface area contributed by atoms with Crippen molar-refractivity contribution in [3.63, 3.8) is 0 Å². The van der Waals surface area contributed by atoms with Gasteiger partial charge in [0.15, 0.2) is 0 Å². The fourth-order valence-corrected chi connectivity index (χ4v) is 1.35. The predicted octanol–water partition coefficient (Wildman–Crippen LogP) is 2.78. The lowest BCUT2D eigenvalue weighted by molar-refractivity contribution is 1.34. The third kappa shape index (κ3) is 2.24. The van der Waals surface area contributed by atoms with E-state index in [9.17, 15) is 0 Å². The van der Waals surface area contributed by atoms with Crippen LogP contribution in [0.4, 0.5) is 0 Å². The maximum Gasteiger partial charge on any atom is 0.0820 e. The number of aryl methyl sites for hydroxylation is 2. The van der Waals surface area contributed by atoms with Crippen LogP contribution in [0.25, 0.3) is 5.70 Å². The molecule has 0 atom stereocenters. The van der Waals surface area contributed by atoms with Gasteiger partial charge in [-0.25, -0.2) is 0 Å². The van der Waals surface area contributed by atoms with E-state index in [1.807, 2.05) is 19.1 Å². The molecule has 0 unspecified atom stereocenters. The Morgan fingerprint density at radius 1 is 1.38 bits per heavy atom. The van der Waals surface area contributed by atoms with Crippen LogP contribution in [0.1, 0.15) is 23.6 Å². The van der Waals surface area contributed by atoms with E-state index in [0.29, 0.717) is 5.70 Å². The maximum absolute atomic E-state index is 5.83. The summed E-state index contributed by atoms with van der Waals surface area (Å²) in [6.45, 7) is 6.05. The molecule has 0 heterocycles. The molecule has 0 aliphatic carbocycles. The molecule has 0 saturated heterocycles. The van der Waals surface area contributed by atoms with Gasteiger partial charge in [0.2, 0.25) is 0 Å². The van der Waals surface area contributed by atoms with Crippen LogP contribution in [0.2, 0.25) is 0 Å². The molecule has 1 heteroatoms. The first kappa shape index (κ1) is 9.63. The Balaban J connectivity index is 3.24. The highest BCUT2D eigenvalue weighted by Gasteiger charge is 1.99. The van der Waals surface area contributed by atoms with Gasteiger partial charge in [-0.2, -0.15) is 0 Å². The molecule has 0 aromatic heterocycles. The largest absolute Gasteiger partial charge is 0.392 e. The molecule has 0 spiro atoms. The molecule has 0 saturated carbocycles. The first-order valence-electron chi connectivity index (χ1n) is 4.39. The molecule has 1 aromatic rings. The molecular weight excluding hydrogens is 158 g/mol. The van der Waals surface area contributed by atoms with E-state index in [1.54, 1.807) is 0 Å². The Morgan fingerprint density at radius 3 is 2.62 bits per heavy atom. The molecule has 0 aliphatic heterocycles. The molecule has 2 N–H and O–H groups in total. The first-order chi connectivity index (χ1) is 6.15. The average molecular weight is 173 g/mol. The lowest BCUT2D eigenvalue weighted by Crippen LogP contribution is -1.97. The highest BCUT2D eigenvalue weighted by atomic mass is 14.6. The molecule has 1 nitrogen and oxygen atoms in total. The Hall–Kier alpha value is -1.46. The standard InChI is InChI=1S/C12H15N/c1-4-5-12(13)11-7-6-9(2)8-10(11)3/h4,6-8H,13H2,1-3H3. The molecule has 0 fully saturated rings. The van der Waals surface area contributed by atoms with Crippen molar-refractivity contribution >= 4 is 5.70 Å². The third-order valence-corrected chi connectivity index (χ3v) is 1.97. The smallest absolute Gasteiger partial charge is 0.0820 e. The van der Waals surface area contributed by atoms with E-state index < -0.39 is 0 Å². The molecule has 0 amide bonds. The summed E-state index contributed by atoms with van der Waals surface area (Å²) in [6, 6.07) is 6.22. The van der Waals surface area contributed by atoms with Crippen LogP contribution in [0.3, 0.4) is 0 Å². The Kier molecular flexibility index (Phi) is 2.94. The normalized spacial score (nSPS) is 9.15. The minimum absolute atomic E-state index is 0.708. The molecule has 1 rings (SSSR count). The van der Waals surface area contributed by atoms with Crippen molar-refractivity contribution in [2.24, 2.45) is 5.73 Å². The SMILES string of the molecule is CC=C=C(N)c1ccc(C)cc1C. The summed E-state index contributed by atoms with van der Waals surface area (Å²) in [7, 11) is 0. The average Bonchev–Trinajstić information content (AvgIpc) is 2.04. The van der Waals surface area contributed by atoms with Gasteiger partial charge >= 0.3 is 0 Å². The molecule has 68 valence electrons. The monoisotopic (exact) mass is 173 g/mol. The predicted molar refractivity (Wildman–Crippen MR) is 57.3 cm³/mol. The van der Waals surface area contributed by atoms with Crippen molar-refractivity contribution in [1.29, 1.82) is 0 Å². The van der Waals surface area contributed by atoms with E-state index in [4.69, 9.17) is 5.73 Å². The van der Waals surface area contributed by atoms with Crippen LogP contribution in [0.15, 0.2) is 30.0 Å². The van der Waals surface area contributed by atoms with Crippen LogP contribution in [-0.4, -0.2) is 0 Å². The van der Waals surface area contributed by atoms with Gasteiger partial charge in [0.05, 0.1) is 5.70 Å². The Morgan fingerprint density at radius 2 is 2.08 bits per heavy atom. The maximum atomic E-state index is 5.83. The van der Waals surface area contributed by atoms with Crippen LogP contribution >= 0.6 is 0 Å². The zero-order valence-electron chi connectivity index (χ0n) is 8.39.